The van der Waals surface area contributed by atoms with Gasteiger partial charge in [0.15, 0.2) is 11.5 Å². The Kier molecular flexibility index (Phi) is 7.50. The molecule has 0 unspecified atom stereocenters. The maximum atomic E-state index is 12.3. The molecule has 0 saturated carbocycles. The normalized spacial score (nSPS) is 12.1. The van der Waals surface area contributed by atoms with Crippen LogP contribution in [0.2, 0.25) is 0 Å². The van der Waals surface area contributed by atoms with Crippen LogP contribution >= 0.6 is 0 Å². The third kappa shape index (κ3) is 5.54. The average molecular weight is 424 g/mol. The van der Waals surface area contributed by atoms with Gasteiger partial charge in [0.1, 0.15) is 11.5 Å². The van der Waals surface area contributed by atoms with Gasteiger partial charge < -0.3 is 25.2 Å². The van der Waals surface area contributed by atoms with E-state index in [-0.39, 0.29) is 36.7 Å². The number of carbonyl (C=O) groups excluding carboxylic acids is 1. The molecule has 0 fully saturated rings. The van der Waals surface area contributed by atoms with Crippen molar-refractivity contribution in [2.45, 2.75) is 38.2 Å². The van der Waals surface area contributed by atoms with E-state index in [1.165, 1.54) is 7.11 Å². The molecule has 0 aromatic heterocycles. The second kappa shape index (κ2) is 10.3. The second-order valence-electron chi connectivity index (χ2n) is 7.66. The number of phenolic OH excluding ortho intramolecular Hbond substituents is 2. The van der Waals surface area contributed by atoms with Gasteiger partial charge in [-0.1, -0.05) is 24.3 Å². The van der Waals surface area contributed by atoms with Gasteiger partial charge in [-0.05, 0) is 65.4 Å². The van der Waals surface area contributed by atoms with Crippen LogP contribution in [-0.4, -0.2) is 46.0 Å². The fraction of sp³-hybridized carbons (Fsp3) is 0.320. The van der Waals surface area contributed by atoms with Crippen LogP contribution in [0.1, 0.15) is 31.2 Å². The predicted molar refractivity (Wildman–Crippen MR) is 120 cm³/mol. The zero-order valence-electron chi connectivity index (χ0n) is 17.5. The van der Waals surface area contributed by atoms with Crippen LogP contribution in [-0.2, 0) is 11.2 Å². The highest BCUT2D eigenvalue weighted by Gasteiger charge is 2.18. The van der Waals surface area contributed by atoms with Gasteiger partial charge in [-0.3, -0.25) is 4.79 Å². The van der Waals surface area contributed by atoms with Crippen molar-refractivity contribution in [1.82, 2.24) is 0 Å². The molecule has 3 aromatic rings. The van der Waals surface area contributed by atoms with Gasteiger partial charge >= 0.3 is 0 Å². The van der Waals surface area contributed by atoms with E-state index in [1.54, 1.807) is 24.3 Å². The third-order valence-electron chi connectivity index (χ3n) is 5.37. The number of rotatable bonds is 10. The van der Waals surface area contributed by atoms with Crippen LogP contribution in [0.5, 0.6) is 17.2 Å². The molecule has 0 aliphatic carbocycles. The molecule has 0 heterocycles. The molecule has 6 nitrogen and oxygen atoms in total. The summed E-state index contributed by atoms with van der Waals surface area (Å²) in [6.07, 6.45) is 0.831. The first-order valence-corrected chi connectivity index (χ1v) is 10.4. The molecular weight excluding hydrogens is 396 g/mol. The van der Waals surface area contributed by atoms with Crippen LogP contribution in [0.15, 0.2) is 48.5 Å². The Morgan fingerprint density at radius 3 is 2.55 bits per heavy atom. The fourth-order valence-corrected chi connectivity index (χ4v) is 3.80. The highest BCUT2D eigenvalue weighted by Crippen LogP contribution is 2.41. The third-order valence-corrected chi connectivity index (χ3v) is 5.37. The Morgan fingerprint density at radius 1 is 1.03 bits per heavy atom. The second-order valence-corrected chi connectivity index (χ2v) is 7.66. The van der Waals surface area contributed by atoms with Crippen molar-refractivity contribution in [2.75, 3.05) is 13.7 Å². The number of aromatic hydroxyl groups is 2. The van der Waals surface area contributed by atoms with Gasteiger partial charge in [0.05, 0.1) is 13.2 Å². The first kappa shape index (κ1) is 22.6. The molecule has 1 atom stereocenters. The summed E-state index contributed by atoms with van der Waals surface area (Å²) in [5.41, 5.74) is 2.34. The quantitative estimate of drug-likeness (QED) is 0.393. The summed E-state index contributed by atoms with van der Waals surface area (Å²) < 4.78 is 5.47. The monoisotopic (exact) mass is 424 g/mol. The van der Waals surface area contributed by atoms with Crippen molar-refractivity contribution in [3.05, 3.63) is 54.1 Å². The lowest BCUT2D eigenvalue weighted by molar-refractivity contribution is -0.121. The number of hydrogen-bond acceptors (Lipinski definition) is 6. The predicted octanol–water partition coefficient (Wildman–Crippen LogP) is 3.95. The van der Waals surface area contributed by atoms with Crippen LogP contribution in [0.3, 0.4) is 0 Å². The lowest BCUT2D eigenvalue weighted by atomic mass is 9.92. The summed E-state index contributed by atoms with van der Waals surface area (Å²) in [5, 5.41) is 40.7. The molecule has 0 aliphatic rings. The topological polar surface area (TPSA) is 107 Å². The number of aliphatic hydroxyl groups excluding tert-OH is 2. The van der Waals surface area contributed by atoms with Crippen molar-refractivity contribution in [1.29, 1.82) is 0 Å². The van der Waals surface area contributed by atoms with Crippen molar-refractivity contribution >= 4 is 16.6 Å². The van der Waals surface area contributed by atoms with Crippen molar-refractivity contribution < 1.29 is 30.0 Å². The minimum Gasteiger partial charge on any atom is -0.508 e. The Bertz CT molecular complexity index is 1060. The summed E-state index contributed by atoms with van der Waals surface area (Å²) in [6.45, 7) is -0.00849. The van der Waals surface area contributed by atoms with E-state index in [0.717, 1.165) is 21.9 Å². The number of Topliss-reactive ketones (excluding diaryl/α,β-unsaturated/α-hetero) is 1. The fourth-order valence-electron chi connectivity index (χ4n) is 3.80. The van der Waals surface area contributed by atoms with E-state index >= 15 is 0 Å². The Hall–Kier alpha value is -3.09. The molecular formula is C25H28O6. The largest absolute Gasteiger partial charge is 0.508 e. The molecule has 164 valence electrons. The standard InChI is InChI=1S/C25H28O6/c1-31-25-23(30)11-8-17(7-10-22(29)15-20(27)3-2-12-26)24(25)18-5-4-16-6-9-21(28)14-19(16)13-18/h4-6,8-9,11,13-14,20,26-28,30H,2-3,7,10,12,15H2,1H3/t20-/m1/s1. The molecule has 0 amide bonds. The van der Waals surface area contributed by atoms with Crippen LogP contribution in [0, 0.1) is 0 Å². The number of ether oxygens (including phenoxy) is 1. The van der Waals surface area contributed by atoms with Gasteiger partial charge in [-0.15, -0.1) is 0 Å². The molecule has 0 spiro atoms. The number of phenols is 2. The molecule has 0 bridgehead atoms. The first-order chi connectivity index (χ1) is 14.9. The van der Waals surface area contributed by atoms with Gasteiger partial charge in [0.25, 0.3) is 0 Å². The Labute approximate surface area is 181 Å². The van der Waals surface area contributed by atoms with Crippen molar-refractivity contribution in [2.24, 2.45) is 0 Å². The average Bonchev–Trinajstić information content (AvgIpc) is 2.76. The summed E-state index contributed by atoms with van der Waals surface area (Å²) in [5.74, 6) is 0.431. The minimum atomic E-state index is -0.748. The van der Waals surface area contributed by atoms with Crippen molar-refractivity contribution in [3.8, 4) is 28.4 Å². The number of hydrogen-bond donors (Lipinski definition) is 4. The Balaban J connectivity index is 1.90. The SMILES string of the molecule is COc1c(O)ccc(CCC(=O)C[C@H](O)CCCO)c1-c1ccc2ccc(O)cc2c1. The molecule has 0 radical (unpaired) electrons. The number of fused-ring (bicyclic) bond motifs is 1. The first-order valence-electron chi connectivity index (χ1n) is 10.4. The lowest BCUT2D eigenvalue weighted by Gasteiger charge is -2.16. The van der Waals surface area contributed by atoms with Crippen LogP contribution < -0.4 is 4.74 Å². The van der Waals surface area contributed by atoms with Crippen LogP contribution in [0.4, 0.5) is 0 Å². The van der Waals surface area contributed by atoms with Gasteiger partial charge in [-0.2, -0.15) is 0 Å². The molecule has 6 heteroatoms. The molecule has 0 aliphatic heterocycles. The number of aryl methyl sites for hydroxylation is 1. The summed E-state index contributed by atoms with van der Waals surface area (Å²) in [4.78, 5) is 12.3. The maximum Gasteiger partial charge on any atom is 0.168 e. The van der Waals surface area contributed by atoms with E-state index in [9.17, 15) is 20.1 Å². The van der Waals surface area contributed by atoms with E-state index in [2.05, 4.69) is 0 Å². The summed E-state index contributed by atoms with van der Waals surface area (Å²) in [7, 11) is 1.48. The maximum absolute atomic E-state index is 12.3. The molecule has 3 rings (SSSR count). The number of ketones is 1. The van der Waals surface area contributed by atoms with E-state index in [1.807, 2.05) is 24.3 Å². The number of methoxy groups -OCH3 is 1. The molecule has 0 saturated heterocycles. The number of carbonyl (C=O) groups is 1. The minimum absolute atomic E-state index is 0.00279. The highest BCUT2D eigenvalue weighted by atomic mass is 16.5. The highest BCUT2D eigenvalue weighted by molar-refractivity contribution is 5.90. The van der Waals surface area contributed by atoms with Gasteiger partial charge in [0.2, 0.25) is 0 Å². The Morgan fingerprint density at radius 2 is 1.81 bits per heavy atom. The smallest absolute Gasteiger partial charge is 0.168 e. The van der Waals surface area contributed by atoms with E-state index in [4.69, 9.17) is 9.84 Å². The number of aliphatic hydroxyl groups is 2. The zero-order chi connectivity index (χ0) is 22.4. The summed E-state index contributed by atoms with van der Waals surface area (Å²) in [6, 6.07) is 14.2. The molecule has 4 N–H and O–H groups in total. The lowest BCUT2D eigenvalue weighted by Crippen LogP contribution is -2.14. The van der Waals surface area contributed by atoms with Gasteiger partial charge in [-0.25, -0.2) is 0 Å². The van der Waals surface area contributed by atoms with Crippen molar-refractivity contribution in [3.63, 3.8) is 0 Å². The van der Waals surface area contributed by atoms with E-state index < -0.39 is 6.10 Å². The summed E-state index contributed by atoms with van der Waals surface area (Å²) >= 11 is 0. The van der Waals surface area contributed by atoms with E-state index in [0.29, 0.717) is 30.6 Å². The number of benzene rings is 3. The molecule has 31 heavy (non-hydrogen) atoms. The van der Waals surface area contributed by atoms with Crippen LogP contribution in [0.25, 0.3) is 21.9 Å². The van der Waals surface area contributed by atoms with Gasteiger partial charge in [0, 0.05) is 25.0 Å². The zero-order valence-corrected chi connectivity index (χ0v) is 17.5. The molecule has 3 aromatic carbocycles.